The van der Waals surface area contributed by atoms with Crippen LogP contribution in [-0.2, 0) is 0 Å². The molecule has 3 heterocycles. The summed E-state index contributed by atoms with van der Waals surface area (Å²) in [6.07, 6.45) is 1.74. The number of thiocarbonyl (C=S) groups is 1. The summed E-state index contributed by atoms with van der Waals surface area (Å²) in [6.45, 7) is 0. The maximum Gasteiger partial charge on any atom is 0.174 e. The fourth-order valence-corrected chi connectivity index (χ4v) is 4.67. The lowest BCUT2D eigenvalue weighted by atomic mass is 10.0. The van der Waals surface area contributed by atoms with E-state index in [0.29, 0.717) is 31.7 Å². The highest BCUT2D eigenvalue weighted by molar-refractivity contribution is 9.10. The normalized spacial score (nSPS) is 18.1. The molecule has 0 amide bonds. The van der Waals surface area contributed by atoms with Gasteiger partial charge < -0.3 is 14.6 Å². The van der Waals surface area contributed by atoms with E-state index in [1.165, 1.54) is 6.07 Å². The van der Waals surface area contributed by atoms with Crippen LogP contribution in [0.5, 0.6) is 0 Å². The Labute approximate surface area is 203 Å². The van der Waals surface area contributed by atoms with Gasteiger partial charge in [-0.2, -0.15) is 0 Å². The molecule has 0 radical (unpaired) electrons. The summed E-state index contributed by atoms with van der Waals surface area (Å²) in [6, 6.07) is 21.1. The largest absolute Gasteiger partial charge is 0.459 e. The first kappa shape index (κ1) is 21.1. The molecule has 32 heavy (non-hydrogen) atoms. The van der Waals surface area contributed by atoms with Crippen molar-refractivity contribution in [1.82, 2.24) is 10.3 Å². The van der Waals surface area contributed by atoms with Crippen molar-refractivity contribution in [3.8, 4) is 11.3 Å². The maximum absolute atomic E-state index is 14.5. The monoisotopic (exact) mass is 527 g/mol. The number of rotatable bonds is 4. The van der Waals surface area contributed by atoms with Crippen molar-refractivity contribution < 1.29 is 8.81 Å². The summed E-state index contributed by atoms with van der Waals surface area (Å²) >= 11 is 15.1. The zero-order chi connectivity index (χ0) is 22.2. The van der Waals surface area contributed by atoms with Gasteiger partial charge in [0, 0.05) is 21.4 Å². The third-order valence-electron chi connectivity index (χ3n) is 5.32. The van der Waals surface area contributed by atoms with Gasteiger partial charge in [-0.1, -0.05) is 33.6 Å². The molecule has 1 aliphatic heterocycles. The van der Waals surface area contributed by atoms with Crippen molar-refractivity contribution in [2.24, 2.45) is 0 Å². The molecule has 1 fully saturated rings. The molecule has 2 aromatic heterocycles. The standard InChI is InChI=1S/C24H16BrClFN3OS/c25-14-4-9-17(18(27)13-14)20-10-11-21(31-20)23-22(19-3-1-2-12-28-19)29-24(32)30(23)16-7-5-15(26)6-8-16/h1-13,22-23H,(H,29,32)/t22-,23+/m0/s1. The van der Waals surface area contributed by atoms with Gasteiger partial charge in [0.25, 0.3) is 0 Å². The first-order valence-electron chi connectivity index (χ1n) is 9.82. The van der Waals surface area contributed by atoms with E-state index in [1.807, 2.05) is 53.4 Å². The van der Waals surface area contributed by atoms with E-state index in [1.54, 1.807) is 24.4 Å². The van der Waals surface area contributed by atoms with Crippen LogP contribution in [-0.4, -0.2) is 10.1 Å². The third-order valence-corrected chi connectivity index (χ3v) is 6.38. The van der Waals surface area contributed by atoms with E-state index >= 15 is 0 Å². The molecule has 0 spiro atoms. The molecule has 4 nitrogen and oxygen atoms in total. The van der Waals surface area contributed by atoms with Crippen LogP contribution < -0.4 is 10.2 Å². The zero-order valence-electron chi connectivity index (χ0n) is 16.5. The number of nitrogens with one attached hydrogen (secondary N) is 1. The van der Waals surface area contributed by atoms with Gasteiger partial charge >= 0.3 is 0 Å². The van der Waals surface area contributed by atoms with E-state index in [4.69, 9.17) is 28.2 Å². The van der Waals surface area contributed by atoms with Crippen LogP contribution in [0.3, 0.4) is 0 Å². The van der Waals surface area contributed by atoms with Gasteiger partial charge in [-0.3, -0.25) is 4.98 Å². The maximum atomic E-state index is 14.5. The summed E-state index contributed by atoms with van der Waals surface area (Å²) < 4.78 is 21.4. The lowest BCUT2D eigenvalue weighted by Gasteiger charge is -2.26. The van der Waals surface area contributed by atoms with E-state index < -0.39 is 0 Å². The van der Waals surface area contributed by atoms with Gasteiger partial charge in [0.1, 0.15) is 23.4 Å². The quantitative estimate of drug-likeness (QED) is 0.287. The Morgan fingerprint density at radius 1 is 1.06 bits per heavy atom. The molecule has 0 aliphatic carbocycles. The van der Waals surface area contributed by atoms with Crippen LogP contribution in [0.4, 0.5) is 10.1 Å². The summed E-state index contributed by atoms with van der Waals surface area (Å²) in [4.78, 5) is 6.50. The Morgan fingerprint density at radius 2 is 1.88 bits per heavy atom. The highest BCUT2D eigenvalue weighted by Gasteiger charge is 2.42. The minimum Gasteiger partial charge on any atom is -0.459 e. The molecular weight excluding hydrogens is 513 g/mol. The number of nitrogens with zero attached hydrogens (tertiary/aromatic N) is 2. The molecule has 160 valence electrons. The fourth-order valence-electron chi connectivity index (χ4n) is 3.87. The van der Waals surface area contributed by atoms with E-state index in [2.05, 4.69) is 26.2 Å². The van der Waals surface area contributed by atoms with E-state index in [-0.39, 0.29) is 17.9 Å². The lowest BCUT2D eigenvalue weighted by molar-refractivity contribution is 0.438. The van der Waals surface area contributed by atoms with Crippen molar-refractivity contribution in [1.29, 1.82) is 0 Å². The first-order chi connectivity index (χ1) is 15.5. The summed E-state index contributed by atoms with van der Waals surface area (Å²) in [5.74, 6) is 0.718. The van der Waals surface area contributed by atoms with E-state index in [0.717, 1.165) is 11.4 Å². The van der Waals surface area contributed by atoms with Crippen molar-refractivity contribution in [3.05, 3.63) is 106 Å². The lowest BCUT2D eigenvalue weighted by Crippen LogP contribution is -2.29. The Kier molecular flexibility index (Phi) is 5.71. The SMILES string of the molecule is Fc1cc(Br)ccc1-c1ccc([C@@H]2[C@H](c3ccccn3)NC(=S)N2c2ccc(Cl)cc2)o1. The zero-order valence-corrected chi connectivity index (χ0v) is 19.7. The predicted molar refractivity (Wildman–Crippen MR) is 131 cm³/mol. The minimum absolute atomic E-state index is 0.256. The summed E-state index contributed by atoms with van der Waals surface area (Å²) in [5.41, 5.74) is 2.08. The van der Waals surface area contributed by atoms with Crippen LogP contribution in [0.2, 0.25) is 5.02 Å². The molecule has 5 rings (SSSR count). The number of furan rings is 1. The van der Waals surface area contributed by atoms with Gasteiger partial charge in [-0.05, 0) is 78.9 Å². The topological polar surface area (TPSA) is 41.3 Å². The first-order valence-corrected chi connectivity index (χ1v) is 11.4. The number of pyridine rings is 1. The van der Waals surface area contributed by atoms with E-state index in [9.17, 15) is 4.39 Å². The minimum atomic E-state index is -0.365. The van der Waals surface area contributed by atoms with Gasteiger partial charge in [0.15, 0.2) is 5.11 Å². The Balaban J connectivity index is 1.60. The molecule has 0 saturated carbocycles. The summed E-state index contributed by atoms with van der Waals surface area (Å²) in [7, 11) is 0. The van der Waals surface area contributed by atoms with Crippen molar-refractivity contribution in [3.63, 3.8) is 0 Å². The highest BCUT2D eigenvalue weighted by atomic mass is 79.9. The number of benzene rings is 2. The van der Waals surface area contributed by atoms with Crippen LogP contribution in [0.15, 0.2) is 87.9 Å². The van der Waals surface area contributed by atoms with Crippen molar-refractivity contribution >= 4 is 50.5 Å². The smallest absolute Gasteiger partial charge is 0.174 e. The molecule has 2 aromatic carbocycles. The van der Waals surface area contributed by atoms with Crippen LogP contribution in [0.1, 0.15) is 23.5 Å². The number of anilines is 1. The average molecular weight is 529 g/mol. The highest BCUT2D eigenvalue weighted by Crippen LogP contribution is 2.43. The Morgan fingerprint density at radius 3 is 2.59 bits per heavy atom. The molecule has 1 N–H and O–H groups in total. The average Bonchev–Trinajstić information content (AvgIpc) is 3.39. The fraction of sp³-hybridized carbons (Fsp3) is 0.0833. The molecule has 2 atom stereocenters. The van der Waals surface area contributed by atoms with Crippen molar-refractivity contribution in [2.45, 2.75) is 12.1 Å². The molecule has 0 unspecified atom stereocenters. The van der Waals surface area contributed by atoms with Crippen LogP contribution in [0, 0.1) is 5.82 Å². The predicted octanol–water partition coefficient (Wildman–Crippen LogP) is 7.07. The van der Waals surface area contributed by atoms with Gasteiger partial charge in [0.2, 0.25) is 0 Å². The molecule has 8 heteroatoms. The number of halogens is 3. The van der Waals surface area contributed by atoms with Gasteiger partial charge in [-0.25, -0.2) is 4.39 Å². The van der Waals surface area contributed by atoms with Gasteiger partial charge in [0.05, 0.1) is 17.3 Å². The molecular formula is C24H16BrClFN3OS. The van der Waals surface area contributed by atoms with Crippen LogP contribution >= 0.6 is 39.7 Å². The number of hydrogen-bond acceptors (Lipinski definition) is 3. The molecule has 1 aliphatic rings. The second kappa shape index (κ2) is 8.65. The molecule has 1 saturated heterocycles. The third kappa shape index (κ3) is 3.92. The second-order valence-corrected chi connectivity index (χ2v) is 9.04. The Bertz CT molecular complexity index is 1280. The molecule has 0 bridgehead atoms. The molecule has 4 aromatic rings. The second-order valence-electron chi connectivity index (χ2n) is 7.30. The Hall–Kier alpha value is -2.74. The van der Waals surface area contributed by atoms with Crippen molar-refractivity contribution in [2.75, 3.05) is 4.90 Å². The van der Waals surface area contributed by atoms with Crippen LogP contribution in [0.25, 0.3) is 11.3 Å². The van der Waals surface area contributed by atoms with Gasteiger partial charge in [-0.15, -0.1) is 0 Å². The summed E-state index contributed by atoms with van der Waals surface area (Å²) in [5, 5.41) is 4.55. The number of hydrogen-bond donors (Lipinski definition) is 1. The number of aromatic nitrogens is 1.